The van der Waals surface area contributed by atoms with Crippen molar-refractivity contribution in [1.29, 1.82) is 0 Å². The molecule has 0 spiro atoms. The number of nitrogens with one attached hydrogen (secondary N) is 3. The first-order chi connectivity index (χ1) is 16.3. The van der Waals surface area contributed by atoms with Gasteiger partial charge in [-0.15, -0.1) is 0 Å². The van der Waals surface area contributed by atoms with Gasteiger partial charge in [-0.2, -0.15) is 11.8 Å². The van der Waals surface area contributed by atoms with Gasteiger partial charge in [-0.05, 0) is 38.2 Å². The van der Waals surface area contributed by atoms with Crippen LogP contribution in [0, 0.1) is 0 Å². The van der Waals surface area contributed by atoms with Gasteiger partial charge in [-0.25, -0.2) is 4.79 Å². The molecular formula is C19H35N7O8S. The van der Waals surface area contributed by atoms with Gasteiger partial charge >= 0.3 is 11.9 Å². The van der Waals surface area contributed by atoms with E-state index in [4.69, 9.17) is 22.3 Å². The number of aliphatic imine (C=N–C) groups is 1. The van der Waals surface area contributed by atoms with Crippen molar-refractivity contribution in [2.24, 2.45) is 22.2 Å². The quantitative estimate of drug-likeness (QED) is 0.0512. The zero-order valence-electron chi connectivity index (χ0n) is 19.6. The second-order valence-corrected chi connectivity index (χ2v) is 8.60. The van der Waals surface area contributed by atoms with E-state index in [1.807, 2.05) is 0 Å². The maximum absolute atomic E-state index is 12.8. The highest BCUT2D eigenvalue weighted by molar-refractivity contribution is 7.98. The fourth-order valence-electron chi connectivity index (χ4n) is 2.68. The van der Waals surface area contributed by atoms with Crippen LogP contribution in [0.25, 0.3) is 0 Å². The molecular weight excluding hydrogens is 486 g/mol. The van der Waals surface area contributed by atoms with Crippen LogP contribution < -0.4 is 33.2 Å². The summed E-state index contributed by atoms with van der Waals surface area (Å²) in [6, 6.07) is -5.51. The molecule has 0 fully saturated rings. The second-order valence-electron chi connectivity index (χ2n) is 7.62. The van der Waals surface area contributed by atoms with E-state index in [1.54, 1.807) is 6.26 Å². The number of nitrogens with zero attached hydrogens (tertiary/aromatic N) is 1. The summed E-state index contributed by atoms with van der Waals surface area (Å²) in [5.74, 6) is -5.21. The van der Waals surface area contributed by atoms with Crippen molar-refractivity contribution in [2.45, 2.75) is 62.9 Å². The third kappa shape index (κ3) is 13.4. The molecule has 3 amide bonds. The van der Waals surface area contributed by atoms with Crippen LogP contribution in [0.5, 0.6) is 0 Å². The highest BCUT2D eigenvalue weighted by Crippen LogP contribution is 2.06. The highest BCUT2D eigenvalue weighted by Gasteiger charge is 2.31. The van der Waals surface area contributed by atoms with Crippen LogP contribution in [-0.2, 0) is 24.0 Å². The highest BCUT2D eigenvalue weighted by atomic mass is 32.2. The lowest BCUT2D eigenvalue weighted by Gasteiger charge is -2.25. The maximum Gasteiger partial charge on any atom is 0.326 e. The molecule has 16 heteroatoms. The van der Waals surface area contributed by atoms with Gasteiger partial charge < -0.3 is 48.5 Å². The Hall–Kier alpha value is -3.11. The molecule has 0 saturated heterocycles. The van der Waals surface area contributed by atoms with Crippen LogP contribution in [0.4, 0.5) is 0 Å². The molecule has 0 aliphatic carbocycles. The van der Waals surface area contributed by atoms with Crippen molar-refractivity contribution in [3.8, 4) is 0 Å². The minimum Gasteiger partial charge on any atom is -0.481 e. The number of carbonyl (C=O) groups excluding carboxylic acids is 3. The summed E-state index contributed by atoms with van der Waals surface area (Å²) in [5.41, 5.74) is 15.9. The molecule has 0 heterocycles. The summed E-state index contributed by atoms with van der Waals surface area (Å²) >= 11 is 1.36. The van der Waals surface area contributed by atoms with Crippen molar-refractivity contribution in [2.75, 3.05) is 18.6 Å². The molecule has 0 saturated carbocycles. The second kappa shape index (κ2) is 16.5. The zero-order chi connectivity index (χ0) is 27.1. The van der Waals surface area contributed by atoms with Gasteiger partial charge in [-0.3, -0.25) is 24.2 Å². The molecule has 5 atom stereocenters. The average Bonchev–Trinajstić information content (AvgIpc) is 2.76. The van der Waals surface area contributed by atoms with E-state index in [0.29, 0.717) is 5.75 Å². The number of amides is 3. The number of hydrogen-bond donors (Lipinski definition) is 9. The topological polar surface area (TPSA) is 273 Å². The first-order valence-corrected chi connectivity index (χ1v) is 12.0. The lowest BCUT2D eigenvalue weighted by Crippen LogP contribution is -2.58. The maximum atomic E-state index is 12.8. The summed E-state index contributed by atoms with van der Waals surface area (Å²) in [6.07, 6.45) is 0.0431. The number of aliphatic carboxylic acids is 2. The van der Waals surface area contributed by atoms with E-state index < -0.39 is 66.4 Å². The Labute approximate surface area is 206 Å². The number of carboxylic acid groups (broad SMARTS) is 2. The van der Waals surface area contributed by atoms with Crippen LogP contribution in [0.1, 0.15) is 32.6 Å². The molecule has 0 bridgehead atoms. The lowest BCUT2D eigenvalue weighted by atomic mass is 10.1. The minimum atomic E-state index is -1.59. The summed E-state index contributed by atoms with van der Waals surface area (Å²) < 4.78 is 0. The van der Waals surface area contributed by atoms with Gasteiger partial charge in [0.1, 0.15) is 24.2 Å². The predicted molar refractivity (Wildman–Crippen MR) is 128 cm³/mol. The van der Waals surface area contributed by atoms with Gasteiger partial charge in [0.05, 0.1) is 12.5 Å². The number of rotatable bonds is 17. The molecule has 0 radical (unpaired) electrons. The molecule has 0 aromatic heterocycles. The van der Waals surface area contributed by atoms with E-state index in [0.717, 1.165) is 0 Å². The predicted octanol–water partition coefficient (Wildman–Crippen LogP) is -3.49. The van der Waals surface area contributed by atoms with Crippen LogP contribution in [-0.4, -0.2) is 99.8 Å². The molecule has 200 valence electrons. The monoisotopic (exact) mass is 521 g/mol. The number of carbonyl (C=O) groups is 5. The number of nitrogens with two attached hydrogens (primary N) is 3. The van der Waals surface area contributed by atoms with Gasteiger partial charge in [0.25, 0.3) is 0 Å². The zero-order valence-corrected chi connectivity index (χ0v) is 20.4. The lowest BCUT2D eigenvalue weighted by molar-refractivity contribution is -0.143. The third-order valence-electron chi connectivity index (χ3n) is 4.64. The van der Waals surface area contributed by atoms with Crippen LogP contribution in [0.15, 0.2) is 4.99 Å². The van der Waals surface area contributed by atoms with E-state index in [-0.39, 0.29) is 31.8 Å². The van der Waals surface area contributed by atoms with Crippen LogP contribution in [0.2, 0.25) is 0 Å². The van der Waals surface area contributed by atoms with Crippen molar-refractivity contribution in [3.05, 3.63) is 0 Å². The smallest absolute Gasteiger partial charge is 0.326 e. The first-order valence-electron chi connectivity index (χ1n) is 10.6. The van der Waals surface area contributed by atoms with E-state index in [1.165, 1.54) is 18.7 Å². The Morgan fingerprint density at radius 2 is 1.46 bits per heavy atom. The fourth-order valence-corrected chi connectivity index (χ4v) is 3.15. The molecule has 0 aliphatic heterocycles. The molecule has 5 unspecified atom stereocenters. The number of carboxylic acids is 2. The van der Waals surface area contributed by atoms with Crippen molar-refractivity contribution >= 4 is 47.4 Å². The number of hydrogen-bond acceptors (Lipinski definition) is 9. The molecule has 0 aromatic carbocycles. The van der Waals surface area contributed by atoms with E-state index in [9.17, 15) is 34.2 Å². The normalized spacial score (nSPS) is 15.0. The molecule has 0 aromatic rings. The van der Waals surface area contributed by atoms with Gasteiger partial charge in [-0.1, -0.05) is 0 Å². The van der Waals surface area contributed by atoms with Crippen molar-refractivity contribution in [3.63, 3.8) is 0 Å². The molecule has 0 aliphatic rings. The first kappa shape index (κ1) is 31.9. The van der Waals surface area contributed by atoms with E-state index in [2.05, 4.69) is 20.9 Å². The summed E-state index contributed by atoms with van der Waals surface area (Å²) in [6.45, 7) is 1.40. The number of thioether (sulfide) groups is 1. The van der Waals surface area contributed by atoms with Crippen molar-refractivity contribution < 1.29 is 39.3 Å². The average molecular weight is 522 g/mol. The standard InChI is InChI=1S/C19H35N7O8S/c1-9(27)14(20)17(32)26-12(8-13(28)29)16(31)24-10(5-7-35-2)15(30)25-11(18(33)34)4-3-6-23-19(21)22/h9-12,14,27H,3-8,20H2,1-2H3,(H,24,31)(H,25,30)(H,26,32)(H,28,29)(H,33,34)(H4,21,22,23). The van der Waals surface area contributed by atoms with Crippen LogP contribution in [0.3, 0.4) is 0 Å². The number of aliphatic hydroxyl groups excluding tert-OH is 1. The Bertz CT molecular complexity index is 776. The number of guanidine groups is 1. The Morgan fingerprint density at radius 1 is 0.914 bits per heavy atom. The van der Waals surface area contributed by atoms with Gasteiger partial charge in [0.15, 0.2) is 5.96 Å². The molecule has 35 heavy (non-hydrogen) atoms. The summed E-state index contributed by atoms with van der Waals surface area (Å²) in [7, 11) is 0. The number of aliphatic hydroxyl groups is 1. The third-order valence-corrected chi connectivity index (χ3v) is 5.28. The Kier molecular flexibility index (Phi) is 15.0. The minimum absolute atomic E-state index is 0.00990. The largest absolute Gasteiger partial charge is 0.481 e. The molecule has 12 N–H and O–H groups in total. The van der Waals surface area contributed by atoms with E-state index >= 15 is 0 Å². The Balaban J connectivity index is 5.44. The summed E-state index contributed by atoms with van der Waals surface area (Å²) in [4.78, 5) is 64.1. The van der Waals surface area contributed by atoms with Gasteiger partial charge in [0.2, 0.25) is 17.7 Å². The van der Waals surface area contributed by atoms with Gasteiger partial charge in [0, 0.05) is 6.54 Å². The molecule has 0 rings (SSSR count). The van der Waals surface area contributed by atoms with Crippen molar-refractivity contribution in [1.82, 2.24) is 16.0 Å². The summed E-state index contributed by atoms with van der Waals surface area (Å²) in [5, 5.41) is 34.8. The Morgan fingerprint density at radius 3 is 1.94 bits per heavy atom. The molecule has 15 nitrogen and oxygen atoms in total. The SMILES string of the molecule is CSCCC(NC(=O)C(CC(=O)O)NC(=O)C(N)C(C)O)C(=O)NC(CCCN=C(N)N)C(=O)O. The van der Waals surface area contributed by atoms with Crippen LogP contribution >= 0.6 is 11.8 Å². The fraction of sp³-hybridized carbons (Fsp3) is 0.684.